The van der Waals surface area contributed by atoms with E-state index in [9.17, 15) is 9.59 Å². The lowest BCUT2D eigenvalue weighted by Gasteiger charge is -2.36. The molecule has 3 aromatic rings. The van der Waals surface area contributed by atoms with Crippen LogP contribution in [0.3, 0.4) is 0 Å². The van der Waals surface area contributed by atoms with Crippen molar-refractivity contribution < 1.29 is 23.8 Å². The summed E-state index contributed by atoms with van der Waals surface area (Å²) in [6.45, 7) is 2.52. The van der Waals surface area contributed by atoms with Crippen molar-refractivity contribution in [2.45, 2.75) is 0 Å². The van der Waals surface area contributed by atoms with Crippen molar-refractivity contribution in [1.82, 2.24) is 4.90 Å². The molecule has 1 N–H and O–H groups in total. The zero-order valence-electron chi connectivity index (χ0n) is 20.4. The van der Waals surface area contributed by atoms with Gasteiger partial charge in [-0.3, -0.25) is 9.59 Å². The van der Waals surface area contributed by atoms with Crippen molar-refractivity contribution in [3.63, 3.8) is 0 Å². The highest BCUT2D eigenvalue weighted by Crippen LogP contribution is 2.27. The Kier molecular flexibility index (Phi) is 7.85. The zero-order chi connectivity index (χ0) is 25.7. The third-order valence-electron chi connectivity index (χ3n) is 6.10. The summed E-state index contributed by atoms with van der Waals surface area (Å²) in [6, 6.07) is 17.7. The molecule has 0 unspecified atom stereocenters. The Morgan fingerprint density at radius 2 is 1.47 bits per heavy atom. The third-order valence-corrected chi connectivity index (χ3v) is 6.34. The number of methoxy groups -OCH3 is 3. The van der Waals surface area contributed by atoms with Crippen LogP contribution in [0.1, 0.15) is 20.7 Å². The molecule has 1 fully saturated rings. The Hall–Kier alpha value is -3.91. The highest BCUT2D eigenvalue weighted by Gasteiger charge is 2.25. The summed E-state index contributed by atoms with van der Waals surface area (Å²) in [4.78, 5) is 29.8. The number of ether oxygens (including phenoxy) is 3. The fraction of sp³-hybridized carbons (Fsp3) is 0.259. The highest BCUT2D eigenvalue weighted by molar-refractivity contribution is 6.31. The maximum atomic E-state index is 13.0. The van der Waals surface area contributed by atoms with E-state index in [0.717, 1.165) is 5.69 Å². The maximum Gasteiger partial charge on any atom is 0.259 e. The molecular formula is C27H28ClN3O5. The molecule has 0 bridgehead atoms. The van der Waals surface area contributed by atoms with E-state index in [1.54, 1.807) is 43.5 Å². The molecule has 9 heteroatoms. The molecule has 4 rings (SSSR count). The number of rotatable bonds is 7. The van der Waals surface area contributed by atoms with Crippen molar-refractivity contribution in [1.29, 1.82) is 0 Å². The number of piperazine rings is 1. The Bertz CT molecular complexity index is 1240. The molecule has 1 saturated heterocycles. The van der Waals surface area contributed by atoms with Crippen LogP contribution in [-0.4, -0.2) is 64.2 Å². The number of hydrogen-bond donors (Lipinski definition) is 1. The van der Waals surface area contributed by atoms with Crippen LogP contribution in [0.5, 0.6) is 17.2 Å². The van der Waals surface area contributed by atoms with Crippen molar-refractivity contribution >= 4 is 34.8 Å². The molecule has 0 saturated carbocycles. The lowest BCUT2D eigenvalue weighted by atomic mass is 10.1. The highest BCUT2D eigenvalue weighted by atomic mass is 35.5. The van der Waals surface area contributed by atoms with Crippen LogP contribution < -0.4 is 24.4 Å². The van der Waals surface area contributed by atoms with Gasteiger partial charge < -0.3 is 29.3 Å². The summed E-state index contributed by atoms with van der Waals surface area (Å²) in [5.74, 6) is 1.19. The quantitative estimate of drug-likeness (QED) is 0.502. The van der Waals surface area contributed by atoms with Gasteiger partial charge in [0, 0.05) is 48.6 Å². The number of benzene rings is 3. The first-order chi connectivity index (χ1) is 17.4. The van der Waals surface area contributed by atoms with Gasteiger partial charge in [0.1, 0.15) is 17.2 Å². The summed E-state index contributed by atoms with van der Waals surface area (Å²) in [5.41, 5.74) is 2.57. The Balaban J connectivity index is 1.37. The number of anilines is 2. The van der Waals surface area contributed by atoms with Crippen molar-refractivity contribution in [3.05, 3.63) is 76.8 Å². The molecule has 1 aliphatic heterocycles. The Morgan fingerprint density at radius 1 is 0.778 bits per heavy atom. The first-order valence-corrected chi connectivity index (χ1v) is 11.8. The van der Waals surface area contributed by atoms with E-state index < -0.39 is 0 Å². The molecule has 0 aliphatic carbocycles. The summed E-state index contributed by atoms with van der Waals surface area (Å²) < 4.78 is 15.9. The normalized spacial score (nSPS) is 13.2. The molecular weight excluding hydrogens is 482 g/mol. The lowest BCUT2D eigenvalue weighted by molar-refractivity contribution is 0.0743. The smallest absolute Gasteiger partial charge is 0.259 e. The minimum atomic E-state index is -0.272. The van der Waals surface area contributed by atoms with Crippen LogP contribution in [0.4, 0.5) is 11.4 Å². The van der Waals surface area contributed by atoms with Gasteiger partial charge >= 0.3 is 0 Å². The van der Waals surface area contributed by atoms with Crippen LogP contribution in [0.15, 0.2) is 60.7 Å². The maximum absolute atomic E-state index is 13.0. The van der Waals surface area contributed by atoms with Gasteiger partial charge in [-0.2, -0.15) is 0 Å². The monoisotopic (exact) mass is 509 g/mol. The molecule has 3 aromatic carbocycles. The zero-order valence-corrected chi connectivity index (χ0v) is 21.2. The SMILES string of the molecule is COc1ccc(C(=O)Nc2ccc(N3CCN(C(=O)c4cc(Cl)ccc4OC)CC3)cc2)c(OC)c1. The number of nitrogens with one attached hydrogen (secondary N) is 1. The minimum Gasteiger partial charge on any atom is -0.497 e. The van der Waals surface area contributed by atoms with Crippen LogP contribution >= 0.6 is 11.6 Å². The second kappa shape index (κ2) is 11.2. The fourth-order valence-electron chi connectivity index (χ4n) is 4.13. The van der Waals surface area contributed by atoms with Crippen LogP contribution in [0.2, 0.25) is 5.02 Å². The lowest BCUT2D eigenvalue weighted by Crippen LogP contribution is -2.48. The van der Waals surface area contributed by atoms with E-state index >= 15 is 0 Å². The molecule has 0 radical (unpaired) electrons. The second-order valence-corrected chi connectivity index (χ2v) is 8.63. The number of halogens is 1. The third kappa shape index (κ3) is 5.49. The standard InChI is InChI=1S/C27H28ClN3O5/c1-34-21-9-10-22(25(17-21)36-3)26(32)29-19-5-7-20(8-6-19)30-12-14-31(15-13-30)27(33)23-16-18(28)4-11-24(23)35-2/h4-11,16-17H,12-15H2,1-3H3,(H,29,32). The van der Waals surface area contributed by atoms with E-state index in [0.29, 0.717) is 65.3 Å². The molecule has 0 aromatic heterocycles. The molecule has 2 amide bonds. The first-order valence-electron chi connectivity index (χ1n) is 11.4. The van der Waals surface area contributed by atoms with Crippen LogP contribution in [0.25, 0.3) is 0 Å². The van der Waals surface area contributed by atoms with E-state index in [1.165, 1.54) is 14.2 Å². The number of nitrogens with zero attached hydrogens (tertiary/aromatic N) is 2. The van der Waals surface area contributed by atoms with Crippen molar-refractivity contribution in [2.24, 2.45) is 0 Å². The van der Waals surface area contributed by atoms with Crippen LogP contribution in [0, 0.1) is 0 Å². The van der Waals surface area contributed by atoms with Gasteiger partial charge in [-0.15, -0.1) is 0 Å². The van der Waals surface area contributed by atoms with Gasteiger partial charge in [0.15, 0.2) is 0 Å². The average Bonchev–Trinajstić information content (AvgIpc) is 2.92. The van der Waals surface area contributed by atoms with E-state index in [1.807, 2.05) is 29.2 Å². The molecule has 8 nitrogen and oxygen atoms in total. The van der Waals surface area contributed by atoms with Gasteiger partial charge in [0.05, 0.1) is 32.5 Å². The van der Waals surface area contributed by atoms with Crippen molar-refractivity contribution in [2.75, 3.05) is 57.7 Å². The average molecular weight is 510 g/mol. The van der Waals surface area contributed by atoms with Gasteiger partial charge in [-0.1, -0.05) is 11.6 Å². The topological polar surface area (TPSA) is 80.3 Å². The molecule has 0 spiro atoms. The minimum absolute atomic E-state index is 0.0963. The largest absolute Gasteiger partial charge is 0.497 e. The Labute approximate surface area is 215 Å². The van der Waals surface area contributed by atoms with Crippen LogP contribution in [-0.2, 0) is 0 Å². The summed E-state index contributed by atoms with van der Waals surface area (Å²) >= 11 is 6.09. The van der Waals surface area contributed by atoms with Gasteiger partial charge in [-0.25, -0.2) is 0 Å². The van der Waals surface area contributed by atoms with E-state index in [-0.39, 0.29) is 11.8 Å². The van der Waals surface area contributed by atoms with E-state index in [4.69, 9.17) is 25.8 Å². The first kappa shape index (κ1) is 25.2. The molecule has 36 heavy (non-hydrogen) atoms. The Morgan fingerprint density at radius 3 is 2.11 bits per heavy atom. The molecule has 1 heterocycles. The number of hydrogen-bond acceptors (Lipinski definition) is 6. The number of carbonyl (C=O) groups is 2. The van der Waals surface area contributed by atoms with Gasteiger partial charge in [0.25, 0.3) is 11.8 Å². The van der Waals surface area contributed by atoms with Gasteiger partial charge in [-0.05, 0) is 54.6 Å². The fourth-order valence-corrected chi connectivity index (χ4v) is 4.30. The molecule has 0 atom stereocenters. The summed E-state index contributed by atoms with van der Waals surface area (Å²) in [6.07, 6.45) is 0. The van der Waals surface area contributed by atoms with E-state index in [2.05, 4.69) is 10.2 Å². The molecule has 1 aliphatic rings. The van der Waals surface area contributed by atoms with Crippen molar-refractivity contribution in [3.8, 4) is 17.2 Å². The van der Waals surface area contributed by atoms with Gasteiger partial charge in [0.2, 0.25) is 0 Å². The summed E-state index contributed by atoms with van der Waals surface area (Å²) in [7, 11) is 4.61. The number of amides is 2. The second-order valence-electron chi connectivity index (χ2n) is 8.19. The number of carbonyl (C=O) groups excluding carboxylic acids is 2. The molecule has 188 valence electrons. The summed E-state index contributed by atoms with van der Waals surface area (Å²) in [5, 5.41) is 3.40. The predicted octanol–water partition coefficient (Wildman–Crippen LogP) is 4.58. The predicted molar refractivity (Wildman–Crippen MR) is 140 cm³/mol.